The number of nitrogens with two attached hydrogens (primary N) is 1. The Hall–Kier alpha value is 0.0900. The molecule has 3 N–H and O–H groups in total. The molecule has 0 saturated heterocycles. The van der Waals surface area contributed by atoms with Gasteiger partial charge in [-0.3, -0.25) is 4.79 Å². The van der Waals surface area contributed by atoms with E-state index in [1.54, 1.807) is 0 Å². The third-order valence-corrected chi connectivity index (χ3v) is 2.73. The third kappa shape index (κ3) is 3.05. The van der Waals surface area contributed by atoms with Crippen molar-refractivity contribution >= 4 is 54.6 Å². The molecule has 78 valence electrons. The van der Waals surface area contributed by atoms with Crippen molar-refractivity contribution < 1.29 is 9.90 Å². The van der Waals surface area contributed by atoms with Crippen molar-refractivity contribution in [2.75, 3.05) is 6.54 Å². The number of hydrogen-bond donors (Lipinski definition) is 2. The summed E-state index contributed by atoms with van der Waals surface area (Å²) in [7, 11) is 0. The topological polar surface area (TPSA) is 63.3 Å². The van der Waals surface area contributed by atoms with Crippen molar-refractivity contribution in [2.45, 2.75) is 0 Å². The summed E-state index contributed by atoms with van der Waals surface area (Å²) in [6.07, 6.45) is 0. The van der Waals surface area contributed by atoms with Crippen molar-refractivity contribution in [3.8, 4) is 5.75 Å². The Morgan fingerprint density at radius 3 is 2.14 bits per heavy atom. The number of benzene rings is 1. The lowest BCUT2D eigenvalue weighted by Crippen LogP contribution is -2.13. The van der Waals surface area contributed by atoms with E-state index in [2.05, 4.69) is 31.9 Å². The number of hydrogen-bond acceptors (Lipinski definition) is 3. The van der Waals surface area contributed by atoms with Crippen LogP contribution >= 0.6 is 48.8 Å². The van der Waals surface area contributed by atoms with Crippen LogP contribution in [0.1, 0.15) is 10.4 Å². The van der Waals surface area contributed by atoms with Gasteiger partial charge in [-0.05, 0) is 44.0 Å². The summed E-state index contributed by atoms with van der Waals surface area (Å²) in [5.74, 6) is -0.0880. The van der Waals surface area contributed by atoms with Crippen LogP contribution in [-0.4, -0.2) is 17.4 Å². The van der Waals surface area contributed by atoms with Gasteiger partial charge in [0.2, 0.25) is 0 Å². The van der Waals surface area contributed by atoms with Gasteiger partial charge in [0, 0.05) is 5.56 Å². The zero-order valence-electron chi connectivity index (χ0n) is 6.96. The monoisotopic (exact) mass is 387 g/mol. The summed E-state index contributed by atoms with van der Waals surface area (Å²) in [6.45, 7) is -0.0380. The fraction of sp³-hybridized carbons (Fsp3) is 0.125. The Morgan fingerprint density at radius 2 is 1.79 bits per heavy atom. The lowest BCUT2D eigenvalue weighted by atomic mass is 10.1. The average Bonchev–Trinajstić information content (AvgIpc) is 2.12. The van der Waals surface area contributed by atoms with Crippen molar-refractivity contribution in [1.82, 2.24) is 0 Å². The van der Waals surface area contributed by atoms with Crippen molar-refractivity contribution in [3.05, 3.63) is 26.6 Å². The quantitative estimate of drug-likeness (QED) is 0.764. The first-order chi connectivity index (χ1) is 6.06. The van der Waals surface area contributed by atoms with E-state index in [4.69, 9.17) is 5.73 Å². The normalized spacial score (nSPS) is 9.36. The van der Waals surface area contributed by atoms with Gasteiger partial charge in [-0.15, -0.1) is 17.0 Å². The SMILES string of the molecule is Br.NCC(=O)c1cc(Br)c(O)c(Br)c1. The van der Waals surface area contributed by atoms with Crippen LogP contribution in [0.4, 0.5) is 0 Å². The number of ketones is 1. The smallest absolute Gasteiger partial charge is 0.176 e. The van der Waals surface area contributed by atoms with E-state index < -0.39 is 0 Å². The molecule has 0 aliphatic heterocycles. The molecular weight excluding hydrogens is 382 g/mol. The van der Waals surface area contributed by atoms with Gasteiger partial charge < -0.3 is 10.8 Å². The number of phenolic OH excluding ortho intramolecular Hbond substituents is 1. The number of carbonyl (C=O) groups excluding carboxylic acids is 1. The number of rotatable bonds is 2. The third-order valence-electron chi connectivity index (χ3n) is 1.52. The van der Waals surface area contributed by atoms with Crippen LogP contribution in [0, 0.1) is 0 Å². The Kier molecular flexibility index (Phi) is 5.88. The Morgan fingerprint density at radius 1 is 1.36 bits per heavy atom. The Labute approximate surface area is 109 Å². The fourth-order valence-electron chi connectivity index (χ4n) is 0.844. The molecule has 0 bridgehead atoms. The van der Waals surface area contributed by atoms with E-state index >= 15 is 0 Å². The lowest BCUT2D eigenvalue weighted by Gasteiger charge is -2.03. The van der Waals surface area contributed by atoms with E-state index in [0.717, 1.165) is 0 Å². The summed E-state index contributed by atoms with van der Waals surface area (Å²) < 4.78 is 0.942. The number of aromatic hydroxyl groups is 1. The summed E-state index contributed by atoms with van der Waals surface area (Å²) in [6, 6.07) is 3.07. The fourth-order valence-corrected chi connectivity index (χ4v) is 2.03. The van der Waals surface area contributed by atoms with Gasteiger partial charge in [0.05, 0.1) is 15.5 Å². The van der Waals surface area contributed by atoms with Gasteiger partial charge >= 0.3 is 0 Å². The van der Waals surface area contributed by atoms with Gasteiger partial charge in [-0.1, -0.05) is 0 Å². The molecular formula is C8H8Br3NO2. The van der Waals surface area contributed by atoms with Crippen LogP contribution in [0.2, 0.25) is 0 Å². The number of phenols is 1. The highest BCUT2D eigenvalue weighted by atomic mass is 79.9. The van der Waals surface area contributed by atoms with Crippen LogP contribution in [0.5, 0.6) is 5.75 Å². The first-order valence-electron chi connectivity index (χ1n) is 3.47. The molecule has 0 radical (unpaired) electrons. The van der Waals surface area contributed by atoms with Crippen LogP contribution in [0.3, 0.4) is 0 Å². The molecule has 0 heterocycles. The van der Waals surface area contributed by atoms with Crippen molar-refractivity contribution in [1.29, 1.82) is 0 Å². The molecule has 0 aliphatic carbocycles. The molecule has 0 aliphatic rings. The van der Waals surface area contributed by atoms with Crippen LogP contribution in [0.15, 0.2) is 21.1 Å². The number of carbonyl (C=O) groups is 1. The Bertz CT molecular complexity index is 331. The van der Waals surface area contributed by atoms with E-state index in [-0.39, 0.29) is 35.1 Å². The van der Waals surface area contributed by atoms with E-state index in [1.807, 2.05) is 0 Å². The summed E-state index contributed by atoms with van der Waals surface area (Å²) >= 11 is 6.24. The highest BCUT2D eigenvalue weighted by Gasteiger charge is 2.09. The molecule has 0 aromatic heterocycles. The lowest BCUT2D eigenvalue weighted by molar-refractivity contribution is 0.100. The second kappa shape index (κ2) is 5.85. The molecule has 0 amide bonds. The largest absolute Gasteiger partial charge is 0.506 e. The van der Waals surface area contributed by atoms with Gasteiger partial charge in [-0.2, -0.15) is 0 Å². The first-order valence-corrected chi connectivity index (χ1v) is 5.06. The molecule has 1 aromatic carbocycles. The number of Topliss-reactive ketones (excluding diaryl/α,β-unsaturated/α-hetero) is 1. The molecule has 1 rings (SSSR count). The van der Waals surface area contributed by atoms with E-state index in [0.29, 0.717) is 14.5 Å². The van der Waals surface area contributed by atoms with E-state index in [9.17, 15) is 9.90 Å². The Balaban J connectivity index is 0.00000169. The van der Waals surface area contributed by atoms with Crippen LogP contribution in [0.25, 0.3) is 0 Å². The van der Waals surface area contributed by atoms with E-state index in [1.165, 1.54) is 12.1 Å². The zero-order valence-corrected chi connectivity index (χ0v) is 11.8. The number of halogens is 3. The standard InChI is InChI=1S/C8H7Br2NO2.BrH/c9-5-1-4(7(12)3-11)2-6(10)8(5)13;/h1-2,13H,3,11H2;1H. The summed E-state index contributed by atoms with van der Waals surface area (Å²) in [5, 5.41) is 9.35. The molecule has 14 heavy (non-hydrogen) atoms. The van der Waals surface area contributed by atoms with Gasteiger partial charge in [0.1, 0.15) is 5.75 Å². The molecule has 6 heteroatoms. The van der Waals surface area contributed by atoms with Gasteiger partial charge in [-0.25, -0.2) is 0 Å². The molecule has 0 saturated carbocycles. The van der Waals surface area contributed by atoms with Crippen LogP contribution < -0.4 is 5.73 Å². The van der Waals surface area contributed by atoms with Crippen molar-refractivity contribution in [3.63, 3.8) is 0 Å². The molecule has 3 nitrogen and oxygen atoms in total. The van der Waals surface area contributed by atoms with Gasteiger partial charge in [0.15, 0.2) is 5.78 Å². The maximum atomic E-state index is 11.2. The van der Waals surface area contributed by atoms with Gasteiger partial charge in [0.25, 0.3) is 0 Å². The highest BCUT2D eigenvalue weighted by molar-refractivity contribution is 9.11. The second-order valence-corrected chi connectivity index (χ2v) is 4.12. The average molecular weight is 390 g/mol. The molecule has 0 spiro atoms. The second-order valence-electron chi connectivity index (χ2n) is 2.42. The molecule has 0 atom stereocenters. The predicted molar refractivity (Wildman–Crippen MR) is 67.2 cm³/mol. The zero-order chi connectivity index (χ0) is 10.0. The van der Waals surface area contributed by atoms with Crippen molar-refractivity contribution in [2.24, 2.45) is 5.73 Å². The summed E-state index contributed by atoms with van der Waals surface area (Å²) in [4.78, 5) is 11.2. The highest BCUT2D eigenvalue weighted by Crippen LogP contribution is 2.33. The van der Waals surface area contributed by atoms with Crippen LogP contribution in [-0.2, 0) is 0 Å². The predicted octanol–water partition coefficient (Wildman–Crippen LogP) is 2.64. The molecule has 1 aromatic rings. The maximum Gasteiger partial charge on any atom is 0.176 e. The minimum absolute atomic E-state index is 0. The summed E-state index contributed by atoms with van der Waals surface area (Å²) in [5.41, 5.74) is 5.67. The minimum atomic E-state index is -0.165. The minimum Gasteiger partial charge on any atom is -0.506 e. The molecule has 0 fully saturated rings. The molecule has 0 unspecified atom stereocenters. The first kappa shape index (κ1) is 14.1. The maximum absolute atomic E-state index is 11.2.